The Kier molecular flexibility index (Phi) is 7.88. The SMILES string of the molecule is C[C@@H](NC(=O)C1CCC(CNS(=O)(=O)c2ccccc2)CC1)C(=O)NC1CCCC1. The minimum Gasteiger partial charge on any atom is -0.352 e. The van der Waals surface area contributed by atoms with E-state index in [0.717, 1.165) is 38.5 Å². The lowest BCUT2D eigenvalue weighted by molar-refractivity contribution is -0.131. The Labute approximate surface area is 179 Å². The van der Waals surface area contributed by atoms with Crippen LogP contribution in [0.25, 0.3) is 0 Å². The minimum atomic E-state index is -3.50. The Bertz CT molecular complexity index is 814. The van der Waals surface area contributed by atoms with Crippen molar-refractivity contribution in [3.8, 4) is 0 Å². The second-order valence-corrected chi connectivity index (χ2v) is 10.4. The fourth-order valence-electron chi connectivity index (χ4n) is 4.33. The van der Waals surface area contributed by atoms with Gasteiger partial charge in [0.2, 0.25) is 21.8 Å². The van der Waals surface area contributed by atoms with Crippen LogP contribution in [0.5, 0.6) is 0 Å². The number of benzene rings is 1. The maximum Gasteiger partial charge on any atom is 0.242 e. The summed E-state index contributed by atoms with van der Waals surface area (Å²) in [5.74, 6) is -0.0871. The Hall–Kier alpha value is -1.93. The largest absolute Gasteiger partial charge is 0.352 e. The van der Waals surface area contributed by atoms with E-state index in [0.29, 0.717) is 19.4 Å². The molecule has 0 aliphatic heterocycles. The third kappa shape index (κ3) is 6.28. The molecule has 2 fully saturated rings. The first-order valence-electron chi connectivity index (χ1n) is 11.0. The van der Waals surface area contributed by atoms with Crippen molar-refractivity contribution in [2.45, 2.75) is 75.3 Å². The summed E-state index contributed by atoms with van der Waals surface area (Å²) in [7, 11) is -3.50. The zero-order valence-electron chi connectivity index (χ0n) is 17.6. The lowest BCUT2D eigenvalue weighted by Crippen LogP contribution is -2.49. The van der Waals surface area contributed by atoms with Gasteiger partial charge in [0.15, 0.2) is 0 Å². The summed E-state index contributed by atoms with van der Waals surface area (Å²) in [5.41, 5.74) is 0. The maximum absolute atomic E-state index is 12.6. The van der Waals surface area contributed by atoms with E-state index >= 15 is 0 Å². The van der Waals surface area contributed by atoms with Gasteiger partial charge in [-0.3, -0.25) is 9.59 Å². The molecule has 3 N–H and O–H groups in total. The molecule has 0 unspecified atom stereocenters. The van der Waals surface area contributed by atoms with Gasteiger partial charge >= 0.3 is 0 Å². The third-order valence-electron chi connectivity index (χ3n) is 6.29. The van der Waals surface area contributed by atoms with Crippen LogP contribution in [0.2, 0.25) is 0 Å². The van der Waals surface area contributed by atoms with Crippen LogP contribution in [-0.2, 0) is 19.6 Å². The smallest absolute Gasteiger partial charge is 0.242 e. The van der Waals surface area contributed by atoms with Crippen LogP contribution in [0, 0.1) is 11.8 Å². The molecule has 0 spiro atoms. The molecule has 1 aromatic carbocycles. The number of rotatable bonds is 8. The summed E-state index contributed by atoms with van der Waals surface area (Å²) in [6, 6.07) is 8.05. The van der Waals surface area contributed by atoms with E-state index in [9.17, 15) is 18.0 Å². The van der Waals surface area contributed by atoms with Gasteiger partial charge in [0.1, 0.15) is 6.04 Å². The highest BCUT2D eigenvalue weighted by Crippen LogP contribution is 2.29. The molecule has 0 bridgehead atoms. The van der Waals surface area contributed by atoms with Gasteiger partial charge in [-0.05, 0) is 63.5 Å². The highest BCUT2D eigenvalue weighted by atomic mass is 32.2. The summed E-state index contributed by atoms with van der Waals surface area (Å²) in [5, 5.41) is 5.87. The van der Waals surface area contributed by atoms with Crippen LogP contribution in [0.15, 0.2) is 35.2 Å². The van der Waals surface area contributed by atoms with E-state index in [2.05, 4.69) is 15.4 Å². The molecular weight excluding hydrogens is 402 g/mol. The van der Waals surface area contributed by atoms with Crippen LogP contribution in [0.3, 0.4) is 0 Å². The van der Waals surface area contributed by atoms with Crippen LogP contribution >= 0.6 is 0 Å². The molecule has 0 radical (unpaired) electrons. The van der Waals surface area contributed by atoms with Crippen LogP contribution < -0.4 is 15.4 Å². The van der Waals surface area contributed by atoms with E-state index in [-0.39, 0.29) is 34.6 Å². The number of nitrogens with one attached hydrogen (secondary N) is 3. The summed E-state index contributed by atoms with van der Waals surface area (Å²) in [4.78, 5) is 25.1. The van der Waals surface area contributed by atoms with Crippen molar-refractivity contribution >= 4 is 21.8 Å². The van der Waals surface area contributed by atoms with Gasteiger partial charge in [-0.1, -0.05) is 31.0 Å². The Morgan fingerprint density at radius 3 is 2.27 bits per heavy atom. The summed E-state index contributed by atoms with van der Waals surface area (Å²) in [6.45, 7) is 2.11. The average Bonchev–Trinajstić information content (AvgIpc) is 3.26. The first-order valence-corrected chi connectivity index (χ1v) is 12.5. The predicted molar refractivity (Wildman–Crippen MR) is 115 cm³/mol. The molecule has 0 heterocycles. The van der Waals surface area contributed by atoms with Crippen molar-refractivity contribution in [3.63, 3.8) is 0 Å². The van der Waals surface area contributed by atoms with Crippen molar-refractivity contribution in [1.29, 1.82) is 0 Å². The van der Waals surface area contributed by atoms with Crippen molar-refractivity contribution < 1.29 is 18.0 Å². The molecule has 2 amide bonds. The molecule has 8 heteroatoms. The van der Waals surface area contributed by atoms with Gasteiger partial charge in [-0.2, -0.15) is 0 Å². The highest BCUT2D eigenvalue weighted by Gasteiger charge is 2.29. The lowest BCUT2D eigenvalue weighted by Gasteiger charge is -2.28. The van der Waals surface area contributed by atoms with Gasteiger partial charge in [0.05, 0.1) is 4.90 Å². The topological polar surface area (TPSA) is 104 Å². The number of hydrogen-bond donors (Lipinski definition) is 3. The Balaban J connectivity index is 1.39. The number of carbonyl (C=O) groups is 2. The molecule has 1 atom stereocenters. The van der Waals surface area contributed by atoms with Gasteiger partial charge in [-0.25, -0.2) is 13.1 Å². The van der Waals surface area contributed by atoms with Crippen molar-refractivity contribution in [2.75, 3.05) is 6.54 Å². The van der Waals surface area contributed by atoms with E-state index in [1.807, 2.05) is 0 Å². The molecule has 166 valence electrons. The molecule has 1 aromatic rings. The average molecular weight is 436 g/mol. The zero-order valence-corrected chi connectivity index (χ0v) is 18.4. The normalized spacial score (nSPS) is 23.6. The van der Waals surface area contributed by atoms with Gasteiger partial charge in [-0.15, -0.1) is 0 Å². The molecule has 2 saturated carbocycles. The van der Waals surface area contributed by atoms with Crippen molar-refractivity contribution in [2.24, 2.45) is 11.8 Å². The molecule has 30 heavy (non-hydrogen) atoms. The molecule has 3 rings (SSSR count). The van der Waals surface area contributed by atoms with E-state index in [1.165, 1.54) is 0 Å². The van der Waals surface area contributed by atoms with E-state index < -0.39 is 16.1 Å². The molecule has 7 nitrogen and oxygen atoms in total. The monoisotopic (exact) mass is 435 g/mol. The molecule has 0 aromatic heterocycles. The quantitative estimate of drug-likeness (QED) is 0.583. The summed E-state index contributed by atoms with van der Waals surface area (Å²) in [6.07, 6.45) is 7.33. The fraction of sp³-hybridized carbons (Fsp3) is 0.636. The standard InChI is InChI=1S/C22H33N3O4S/c1-16(21(26)25-19-7-5-6-8-19)24-22(27)18-13-11-17(12-14-18)15-23-30(28,29)20-9-3-2-4-10-20/h2-4,9-10,16-19,23H,5-8,11-15H2,1H3,(H,24,27)(H,25,26)/t16-,17?,18?/m1/s1. The van der Waals surface area contributed by atoms with Crippen molar-refractivity contribution in [1.82, 2.24) is 15.4 Å². The Morgan fingerprint density at radius 2 is 1.63 bits per heavy atom. The van der Waals surface area contributed by atoms with Crippen LogP contribution in [0.1, 0.15) is 58.3 Å². The number of sulfonamides is 1. The minimum absolute atomic E-state index is 0.0765. The zero-order chi connectivity index (χ0) is 21.6. The van der Waals surface area contributed by atoms with Gasteiger partial charge in [0, 0.05) is 18.5 Å². The predicted octanol–water partition coefficient (Wildman–Crippen LogP) is 2.33. The van der Waals surface area contributed by atoms with Crippen molar-refractivity contribution in [3.05, 3.63) is 30.3 Å². The van der Waals surface area contributed by atoms with Crippen LogP contribution in [-0.4, -0.2) is 38.9 Å². The van der Waals surface area contributed by atoms with Gasteiger partial charge < -0.3 is 10.6 Å². The fourth-order valence-corrected chi connectivity index (χ4v) is 5.47. The second-order valence-electron chi connectivity index (χ2n) is 8.60. The van der Waals surface area contributed by atoms with Gasteiger partial charge in [0.25, 0.3) is 0 Å². The lowest BCUT2D eigenvalue weighted by atomic mass is 9.81. The van der Waals surface area contributed by atoms with E-state index in [4.69, 9.17) is 0 Å². The molecule has 0 saturated heterocycles. The Morgan fingerprint density at radius 1 is 1.00 bits per heavy atom. The summed E-state index contributed by atoms with van der Waals surface area (Å²) < 4.78 is 27.4. The number of amides is 2. The van der Waals surface area contributed by atoms with Crippen LogP contribution in [0.4, 0.5) is 0 Å². The first-order chi connectivity index (χ1) is 14.3. The van der Waals surface area contributed by atoms with E-state index in [1.54, 1.807) is 37.3 Å². The second kappa shape index (κ2) is 10.4. The molecule has 2 aliphatic rings. The highest BCUT2D eigenvalue weighted by molar-refractivity contribution is 7.89. The first kappa shape index (κ1) is 22.7. The number of carbonyl (C=O) groups excluding carboxylic acids is 2. The number of hydrogen-bond acceptors (Lipinski definition) is 4. The molecular formula is C22H33N3O4S. The summed E-state index contributed by atoms with van der Waals surface area (Å²) >= 11 is 0. The third-order valence-corrected chi connectivity index (χ3v) is 7.73. The molecule has 2 aliphatic carbocycles. The maximum atomic E-state index is 12.6.